The van der Waals surface area contributed by atoms with E-state index in [1.807, 2.05) is 0 Å². The van der Waals surface area contributed by atoms with Gasteiger partial charge in [-0.25, -0.2) is 23.7 Å². The van der Waals surface area contributed by atoms with Gasteiger partial charge in [0.15, 0.2) is 5.75 Å². The number of rotatable bonds is 7. The lowest BCUT2D eigenvalue weighted by atomic mass is 10.2. The van der Waals surface area contributed by atoms with Crippen molar-refractivity contribution in [3.8, 4) is 11.5 Å². The largest absolute Gasteiger partial charge is 0.497 e. The van der Waals surface area contributed by atoms with E-state index < -0.39 is 16.1 Å². The molecule has 0 aliphatic rings. The van der Waals surface area contributed by atoms with Gasteiger partial charge >= 0.3 is 6.09 Å². The maximum absolute atomic E-state index is 13.9. The number of pyridine rings is 2. The number of methoxy groups -OCH3 is 1. The van der Waals surface area contributed by atoms with Crippen molar-refractivity contribution in [3.63, 3.8) is 0 Å². The van der Waals surface area contributed by atoms with Gasteiger partial charge < -0.3 is 14.0 Å². The fourth-order valence-electron chi connectivity index (χ4n) is 3.28. The second-order valence-corrected chi connectivity index (χ2v) is 8.83. The Morgan fingerprint density at radius 1 is 1.21 bits per heavy atom. The molecule has 0 unspecified atom stereocenters. The van der Waals surface area contributed by atoms with Crippen LogP contribution in [0.15, 0.2) is 64.4 Å². The molecule has 0 spiro atoms. The van der Waals surface area contributed by atoms with Crippen molar-refractivity contribution in [2.45, 2.75) is 18.4 Å². The number of hydroxylamine groups is 1. The first-order valence-electron chi connectivity index (χ1n) is 9.77. The molecule has 0 saturated carbocycles. The molecule has 0 aliphatic carbocycles. The molecule has 1 aromatic carbocycles. The zero-order chi connectivity index (χ0) is 24.3. The molecule has 0 saturated heterocycles. The molecular formula is C21H19N5O7S. The van der Waals surface area contributed by atoms with Crippen LogP contribution in [0.25, 0.3) is 11.1 Å². The predicted molar refractivity (Wildman–Crippen MR) is 118 cm³/mol. The Morgan fingerprint density at radius 2 is 1.97 bits per heavy atom. The highest BCUT2D eigenvalue weighted by Crippen LogP contribution is 2.40. The fourth-order valence-corrected chi connectivity index (χ4v) is 4.76. The van der Waals surface area contributed by atoms with E-state index in [-0.39, 0.29) is 34.0 Å². The van der Waals surface area contributed by atoms with Gasteiger partial charge in [-0.3, -0.25) is 14.5 Å². The summed E-state index contributed by atoms with van der Waals surface area (Å²) in [6, 6.07) is 9.17. The number of amides is 1. The smallest absolute Gasteiger partial charge is 0.436 e. The molecule has 4 rings (SSSR count). The number of benzene rings is 1. The van der Waals surface area contributed by atoms with Crippen molar-refractivity contribution in [1.82, 2.24) is 20.6 Å². The lowest BCUT2D eigenvalue weighted by Crippen LogP contribution is -2.32. The first kappa shape index (κ1) is 22.9. The highest BCUT2D eigenvalue weighted by molar-refractivity contribution is 7.92. The summed E-state index contributed by atoms with van der Waals surface area (Å²) in [6.45, 7) is 1.41. The average molecular weight is 485 g/mol. The van der Waals surface area contributed by atoms with Crippen LogP contribution >= 0.6 is 0 Å². The maximum Gasteiger partial charge on any atom is 0.436 e. The zero-order valence-corrected chi connectivity index (χ0v) is 18.8. The molecular weight excluding hydrogens is 466 g/mol. The highest BCUT2D eigenvalue weighted by Gasteiger charge is 2.32. The van der Waals surface area contributed by atoms with Crippen molar-refractivity contribution < 1.29 is 32.4 Å². The fraction of sp³-hybridized carbons (Fsp3) is 0.143. The third kappa shape index (κ3) is 4.33. The van der Waals surface area contributed by atoms with Gasteiger partial charge in [0.1, 0.15) is 11.4 Å². The van der Waals surface area contributed by atoms with Gasteiger partial charge in [0.05, 0.1) is 35.8 Å². The van der Waals surface area contributed by atoms with E-state index in [1.165, 1.54) is 43.1 Å². The second kappa shape index (κ2) is 9.33. The molecule has 0 atom stereocenters. The molecule has 0 fully saturated rings. The Hall–Kier alpha value is -4.23. The van der Waals surface area contributed by atoms with Crippen molar-refractivity contribution >= 4 is 32.9 Å². The molecule has 12 nitrogen and oxygen atoms in total. The Labute approximate surface area is 193 Å². The number of nitrogens with one attached hydrogen (secondary N) is 1. The van der Waals surface area contributed by atoms with Crippen molar-refractivity contribution in [3.05, 3.63) is 66.2 Å². The van der Waals surface area contributed by atoms with Crippen molar-refractivity contribution in [2.24, 2.45) is 0 Å². The van der Waals surface area contributed by atoms with Crippen molar-refractivity contribution in [1.29, 1.82) is 0 Å². The summed E-state index contributed by atoms with van der Waals surface area (Å²) < 4.78 is 44.3. The quantitative estimate of drug-likeness (QED) is 0.295. The minimum absolute atomic E-state index is 0.0328. The number of carbonyl (C=O) groups excluding carboxylic acids is 1. The highest BCUT2D eigenvalue weighted by atomic mass is 32.2. The van der Waals surface area contributed by atoms with Crippen LogP contribution in [0, 0.1) is 6.92 Å². The lowest BCUT2D eigenvalue weighted by Gasteiger charge is -2.26. The molecule has 0 aliphatic heterocycles. The number of fused-ring (bicyclic) bond motifs is 1. The second-order valence-electron chi connectivity index (χ2n) is 6.97. The van der Waals surface area contributed by atoms with Gasteiger partial charge in [-0.1, -0.05) is 11.2 Å². The third-order valence-corrected chi connectivity index (χ3v) is 6.61. The summed E-state index contributed by atoms with van der Waals surface area (Å²) in [7, 11) is -2.78. The number of aromatic nitrogens is 3. The summed E-state index contributed by atoms with van der Waals surface area (Å²) in [5.74, 6) is 0.230. The standard InChI is InChI=1S/C21H19N5O7S/c1-13-18-19(17(32-21(27)24-28)11-23-20(18)33-25-13)26(12-14-4-3-9-22-10-14)34(29,30)16-7-5-15(31-2)6-8-16/h3-11,28H,12H2,1-2H3,(H,24,27). The Balaban J connectivity index is 1.97. The van der Waals surface area contributed by atoms with E-state index in [0.29, 0.717) is 17.0 Å². The van der Waals surface area contributed by atoms with Gasteiger partial charge in [0, 0.05) is 12.4 Å². The lowest BCUT2D eigenvalue weighted by molar-refractivity contribution is 0.127. The topological polar surface area (TPSA) is 157 Å². The number of ether oxygens (including phenoxy) is 2. The summed E-state index contributed by atoms with van der Waals surface area (Å²) in [5.41, 5.74) is 2.20. The minimum atomic E-state index is -4.25. The van der Waals surface area contributed by atoms with Crippen molar-refractivity contribution in [2.75, 3.05) is 11.4 Å². The van der Waals surface area contributed by atoms with Gasteiger partial charge in [-0.2, -0.15) is 0 Å². The van der Waals surface area contributed by atoms with E-state index >= 15 is 0 Å². The molecule has 176 valence electrons. The number of carbonyl (C=O) groups is 1. The van der Waals surface area contributed by atoms with Crippen LogP contribution in [0.5, 0.6) is 11.5 Å². The molecule has 13 heteroatoms. The van der Waals surface area contributed by atoms with E-state index in [2.05, 4.69) is 15.1 Å². The van der Waals surface area contributed by atoms with E-state index in [4.69, 9.17) is 19.2 Å². The summed E-state index contributed by atoms with van der Waals surface area (Å²) >= 11 is 0. The first-order chi connectivity index (χ1) is 16.3. The molecule has 3 aromatic heterocycles. The predicted octanol–water partition coefficient (Wildman–Crippen LogP) is 2.81. The van der Waals surface area contributed by atoms with Crippen LogP contribution in [-0.2, 0) is 16.6 Å². The van der Waals surface area contributed by atoms with Crippen LogP contribution in [0.1, 0.15) is 11.3 Å². The number of hydrogen-bond acceptors (Lipinski definition) is 10. The summed E-state index contributed by atoms with van der Waals surface area (Å²) in [5, 5.41) is 13.0. The summed E-state index contributed by atoms with van der Waals surface area (Å²) in [6.07, 6.45) is 2.94. The molecule has 0 radical (unpaired) electrons. The van der Waals surface area contributed by atoms with Crippen LogP contribution in [0.2, 0.25) is 0 Å². The molecule has 2 N–H and O–H groups in total. The van der Waals surface area contributed by atoms with Crippen LogP contribution in [0.3, 0.4) is 0 Å². The number of hydrogen-bond donors (Lipinski definition) is 2. The van der Waals surface area contributed by atoms with Crippen LogP contribution < -0.4 is 19.3 Å². The number of aryl methyl sites for hydroxylation is 1. The molecule has 0 bridgehead atoms. The molecule has 1 amide bonds. The molecule has 34 heavy (non-hydrogen) atoms. The van der Waals surface area contributed by atoms with Gasteiger partial charge in [-0.15, -0.1) is 0 Å². The van der Waals surface area contributed by atoms with Crippen LogP contribution in [-0.4, -0.2) is 42.0 Å². The Morgan fingerprint density at radius 3 is 2.62 bits per heavy atom. The maximum atomic E-state index is 13.9. The first-order valence-corrected chi connectivity index (χ1v) is 11.2. The minimum Gasteiger partial charge on any atom is -0.497 e. The van der Waals surface area contributed by atoms with Gasteiger partial charge in [0.25, 0.3) is 15.7 Å². The number of sulfonamides is 1. The van der Waals surface area contributed by atoms with Crippen LogP contribution in [0.4, 0.5) is 10.5 Å². The third-order valence-electron chi connectivity index (χ3n) is 4.85. The number of anilines is 1. The van der Waals surface area contributed by atoms with Gasteiger partial charge in [-0.05, 0) is 42.8 Å². The molecule has 4 aromatic rings. The van der Waals surface area contributed by atoms with E-state index in [1.54, 1.807) is 25.3 Å². The SMILES string of the molecule is COc1ccc(S(=O)(=O)N(Cc2cccnc2)c2c(OC(=O)NO)cnc3onc(C)c23)cc1. The zero-order valence-electron chi connectivity index (χ0n) is 18.0. The molecule has 3 heterocycles. The Bertz CT molecular complexity index is 1420. The van der Waals surface area contributed by atoms with Gasteiger partial charge in [0.2, 0.25) is 0 Å². The Kier molecular flexibility index (Phi) is 6.30. The monoisotopic (exact) mass is 485 g/mol. The van der Waals surface area contributed by atoms with E-state index in [9.17, 15) is 13.2 Å². The number of nitrogens with zero attached hydrogens (tertiary/aromatic N) is 4. The normalized spacial score (nSPS) is 11.3. The van der Waals surface area contributed by atoms with E-state index in [0.717, 1.165) is 10.5 Å². The average Bonchev–Trinajstić information content (AvgIpc) is 3.24. The summed E-state index contributed by atoms with van der Waals surface area (Å²) in [4.78, 5) is 19.9.